The first-order valence-electron chi connectivity index (χ1n) is 9.64. The number of nitrogens with zero attached hydrogens (tertiary/aromatic N) is 2. The predicted molar refractivity (Wildman–Crippen MR) is 103 cm³/mol. The summed E-state index contributed by atoms with van der Waals surface area (Å²) >= 11 is 0. The second kappa shape index (κ2) is 8.74. The summed E-state index contributed by atoms with van der Waals surface area (Å²) in [4.78, 5) is 36.6. The van der Waals surface area contributed by atoms with E-state index in [2.05, 4.69) is 5.32 Å². The Balaban J connectivity index is 1.72. The third-order valence-electron chi connectivity index (χ3n) is 5.38. The normalized spacial score (nSPS) is 27.0. The van der Waals surface area contributed by atoms with Crippen molar-refractivity contribution in [3.63, 3.8) is 0 Å². The number of anilines is 1. The van der Waals surface area contributed by atoms with Crippen LogP contribution < -0.4 is 16.0 Å². The second-order valence-electron chi connectivity index (χ2n) is 7.33. The minimum Gasteiger partial charge on any atom is -0.450 e. The first-order chi connectivity index (χ1) is 14.2. The van der Waals surface area contributed by atoms with Crippen LogP contribution in [0.4, 0.5) is 19.8 Å². The van der Waals surface area contributed by atoms with Crippen LogP contribution in [0.1, 0.15) is 25.5 Å². The summed E-state index contributed by atoms with van der Waals surface area (Å²) in [5, 5.41) is 12.8. The summed E-state index contributed by atoms with van der Waals surface area (Å²) < 4.78 is 24.2. The van der Waals surface area contributed by atoms with Gasteiger partial charge in [0.05, 0.1) is 24.7 Å². The third-order valence-corrected chi connectivity index (χ3v) is 5.38. The number of rotatable bonds is 6. The lowest BCUT2D eigenvalue weighted by atomic mass is 9.92. The van der Waals surface area contributed by atoms with E-state index < -0.39 is 48.3 Å². The lowest BCUT2D eigenvalue weighted by Gasteiger charge is -2.23. The lowest BCUT2D eigenvalue weighted by Crippen LogP contribution is -2.43. The summed E-state index contributed by atoms with van der Waals surface area (Å²) in [6.45, 7) is 4.05. The number of cyclic esters (lactones) is 1. The number of aliphatic hydroxyl groups excluding tert-OH is 1. The van der Waals surface area contributed by atoms with E-state index in [1.165, 1.54) is 6.92 Å². The van der Waals surface area contributed by atoms with E-state index >= 15 is 0 Å². The van der Waals surface area contributed by atoms with E-state index in [0.29, 0.717) is 12.1 Å². The molecule has 164 valence electrons. The summed E-state index contributed by atoms with van der Waals surface area (Å²) in [6.07, 6.45) is -3.59. The van der Waals surface area contributed by atoms with Crippen LogP contribution in [-0.2, 0) is 14.3 Å². The van der Waals surface area contributed by atoms with Crippen LogP contribution >= 0.6 is 0 Å². The van der Waals surface area contributed by atoms with Crippen molar-refractivity contribution in [2.75, 3.05) is 24.6 Å². The van der Waals surface area contributed by atoms with Crippen molar-refractivity contribution in [2.45, 2.75) is 38.1 Å². The molecule has 4 N–H and O–H groups in total. The fourth-order valence-electron chi connectivity index (χ4n) is 3.68. The number of aliphatic hydroxyl groups is 1. The van der Waals surface area contributed by atoms with E-state index in [0.717, 1.165) is 5.69 Å². The van der Waals surface area contributed by atoms with E-state index in [-0.39, 0.29) is 18.3 Å². The number of nitrogens with two attached hydrogens (primary N) is 1. The highest BCUT2D eigenvalue weighted by atomic mass is 19.2. The number of ether oxygens (including phenoxy) is 2. The highest BCUT2D eigenvalue weighted by Gasteiger charge is 2.48. The van der Waals surface area contributed by atoms with E-state index in [4.69, 9.17) is 15.2 Å². The Morgan fingerprint density at radius 1 is 1.37 bits per heavy atom. The number of hydrogen-bond acceptors (Lipinski definition) is 7. The maximum Gasteiger partial charge on any atom is 0.439 e. The quantitative estimate of drug-likeness (QED) is 0.576. The molecule has 30 heavy (non-hydrogen) atoms. The average molecular weight is 424 g/mol. The average Bonchev–Trinajstić information content (AvgIpc) is 3.21. The molecule has 2 fully saturated rings. The molecule has 1 aromatic carbocycles. The Bertz CT molecular complexity index is 807. The highest BCUT2D eigenvalue weighted by molar-refractivity contribution is 5.79. The molecular formula is C19H25FN4O6. The van der Waals surface area contributed by atoms with Gasteiger partial charge in [-0.3, -0.25) is 4.79 Å². The maximum atomic E-state index is 14.3. The van der Waals surface area contributed by atoms with Gasteiger partial charge in [-0.05, 0) is 31.5 Å². The molecule has 0 spiro atoms. The van der Waals surface area contributed by atoms with Crippen molar-refractivity contribution in [3.05, 3.63) is 29.8 Å². The minimum absolute atomic E-state index is 0.0436. The molecule has 5 atom stereocenters. The van der Waals surface area contributed by atoms with Gasteiger partial charge >= 0.3 is 12.2 Å². The molecule has 2 saturated heterocycles. The number of nitrogens with one attached hydrogen (secondary N) is 1. The first-order valence-corrected chi connectivity index (χ1v) is 9.64. The number of primary amides is 1. The number of halogens is 1. The zero-order chi connectivity index (χ0) is 22.0. The van der Waals surface area contributed by atoms with E-state index in [1.54, 1.807) is 31.2 Å². The van der Waals surface area contributed by atoms with Gasteiger partial charge in [-0.1, -0.05) is 16.6 Å². The molecule has 5 unspecified atom stereocenters. The topological polar surface area (TPSA) is 134 Å². The molecule has 0 bridgehead atoms. The predicted octanol–water partition coefficient (Wildman–Crippen LogP) is 0.850. The highest BCUT2D eigenvalue weighted by Crippen LogP contribution is 2.38. The molecule has 2 heterocycles. The molecule has 3 rings (SSSR count). The molecule has 3 amide bonds. The third kappa shape index (κ3) is 4.25. The zero-order valence-corrected chi connectivity index (χ0v) is 16.7. The molecule has 0 aliphatic carbocycles. The van der Waals surface area contributed by atoms with Crippen molar-refractivity contribution in [1.29, 1.82) is 0 Å². The van der Waals surface area contributed by atoms with Crippen molar-refractivity contribution in [1.82, 2.24) is 10.4 Å². The summed E-state index contributed by atoms with van der Waals surface area (Å²) in [6, 6.07) is 5.05. The number of β-amino-alcohol motifs (C(OH)–C–C–N with tert-alkyl or cyclic N) is 1. The smallest absolute Gasteiger partial charge is 0.439 e. The molecule has 2 aliphatic heterocycles. The molecule has 1 aromatic rings. The Morgan fingerprint density at radius 3 is 2.63 bits per heavy atom. The summed E-state index contributed by atoms with van der Waals surface area (Å²) in [5.74, 6) is -1.57. The Kier molecular flexibility index (Phi) is 6.30. The summed E-state index contributed by atoms with van der Waals surface area (Å²) in [7, 11) is 0. The van der Waals surface area contributed by atoms with Crippen LogP contribution in [0.5, 0.6) is 0 Å². The molecule has 10 nitrogen and oxygen atoms in total. The largest absolute Gasteiger partial charge is 0.450 e. The first kappa shape index (κ1) is 21.6. The standard InChI is InChI=1S/C19H25FN4O6/c1-3-29-18(27)22-13-8-23(9-14(13)25)12-6-4-11(5-7-12)15-16(10(2)17(21)26)30-19(28)24(15)20/h4-7,10,13-16,25H,3,8-9H2,1-2H3,(H2,21,26)(H,22,27). The number of carbonyl (C=O) groups is 3. The van der Waals surface area contributed by atoms with E-state index in [9.17, 15) is 24.0 Å². The van der Waals surface area contributed by atoms with Gasteiger partial charge in [-0.25, -0.2) is 9.59 Å². The van der Waals surface area contributed by atoms with Gasteiger partial charge in [0.25, 0.3) is 0 Å². The van der Waals surface area contributed by atoms with Crippen LogP contribution in [0, 0.1) is 5.92 Å². The monoisotopic (exact) mass is 424 g/mol. The molecule has 11 heteroatoms. The van der Waals surface area contributed by atoms with Gasteiger partial charge in [0.15, 0.2) is 0 Å². The Hall–Kier alpha value is -3.08. The fraction of sp³-hybridized carbons (Fsp3) is 0.526. The maximum absolute atomic E-state index is 14.3. The van der Waals surface area contributed by atoms with Crippen LogP contribution in [0.25, 0.3) is 0 Å². The van der Waals surface area contributed by atoms with Gasteiger partial charge < -0.3 is 30.5 Å². The van der Waals surface area contributed by atoms with Gasteiger partial charge in [-0.2, -0.15) is 0 Å². The van der Waals surface area contributed by atoms with Crippen LogP contribution in [0.15, 0.2) is 24.3 Å². The zero-order valence-electron chi connectivity index (χ0n) is 16.7. The molecule has 0 saturated carbocycles. The summed E-state index contributed by atoms with van der Waals surface area (Å²) in [5.41, 5.74) is 6.47. The second-order valence-corrected chi connectivity index (χ2v) is 7.33. The number of amides is 3. The van der Waals surface area contributed by atoms with Crippen LogP contribution in [0.3, 0.4) is 0 Å². The number of hydrogen-bond donors (Lipinski definition) is 3. The molecule has 0 radical (unpaired) electrons. The van der Waals surface area contributed by atoms with Gasteiger partial charge in [0.1, 0.15) is 12.1 Å². The molecular weight excluding hydrogens is 399 g/mol. The van der Waals surface area contributed by atoms with Gasteiger partial charge in [0.2, 0.25) is 5.91 Å². The van der Waals surface area contributed by atoms with Crippen LogP contribution in [-0.4, -0.2) is 66.3 Å². The lowest BCUT2D eigenvalue weighted by molar-refractivity contribution is -0.124. The van der Waals surface area contributed by atoms with E-state index in [1.807, 2.05) is 4.90 Å². The fourth-order valence-corrected chi connectivity index (χ4v) is 3.68. The SMILES string of the molecule is CCOC(=O)NC1CN(c2ccc(C3C(C(C)C(N)=O)OC(=O)N3F)cc2)CC1O. The van der Waals surface area contributed by atoms with Crippen molar-refractivity contribution >= 4 is 23.8 Å². The van der Waals surface area contributed by atoms with Crippen molar-refractivity contribution < 1.29 is 33.4 Å². The van der Waals surface area contributed by atoms with Gasteiger partial charge in [-0.15, -0.1) is 5.12 Å². The minimum atomic E-state index is -1.17. The van der Waals surface area contributed by atoms with Crippen LogP contribution in [0.2, 0.25) is 0 Å². The Morgan fingerprint density at radius 2 is 2.03 bits per heavy atom. The Labute approximate surface area is 172 Å². The number of benzene rings is 1. The number of alkyl carbamates (subject to hydrolysis) is 1. The number of carbonyl (C=O) groups excluding carboxylic acids is 3. The van der Waals surface area contributed by atoms with Crippen molar-refractivity contribution in [2.24, 2.45) is 11.7 Å². The van der Waals surface area contributed by atoms with Crippen molar-refractivity contribution in [3.8, 4) is 0 Å². The molecule has 0 aromatic heterocycles. The van der Waals surface area contributed by atoms with Gasteiger partial charge in [0, 0.05) is 18.8 Å². The molecule has 2 aliphatic rings.